The third-order valence-electron chi connectivity index (χ3n) is 3.67. The highest BCUT2D eigenvalue weighted by Gasteiger charge is 2.17. The van der Waals surface area contributed by atoms with Gasteiger partial charge in [0.1, 0.15) is 0 Å². The average Bonchev–Trinajstić information content (AvgIpc) is 2.56. The van der Waals surface area contributed by atoms with Gasteiger partial charge in [0.15, 0.2) is 12.4 Å². The summed E-state index contributed by atoms with van der Waals surface area (Å²) < 4.78 is 0.756. The lowest BCUT2D eigenvalue weighted by molar-refractivity contribution is -0.605. The van der Waals surface area contributed by atoms with Crippen molar-refractivity contribution in [3.8, 4) is 11.1 Å². The van der Waals surface area contributed by atoms with E-state index in [1.807, 2.05) is 29.2 Å². The highest BCUT2D eigenvalue weighted by Crippen LogP contribution is 2.19. The standard InChI is InChI=1S/C16H17N3O2.ClH/c20-16(18-11-7-17-8-12-18)15-3-1-13(2-4-15)14-5-9-19(21)10-6-14;/h1-6,9-10,17H,7-8,11-12H2;1H. The summed E-state index contributed by atoms with van der Waals surface area (Å²) in [4.78, 5) is 14.2. The normalized spacial score (nSPS) is 14.3. The molecule has 0 bridgehead atoms. The van der Waals surface area contributed by atoms with Crippen molar-refractivity contribution >= 4 is 18.3 Å². The molecular formula is C16H18ClN3O2. The Balaban J connectivity index is 0.00000176. The van der Waals surface area contributed by atoms with Crippen LogP contribution >= 0.6 is 12.4 Å². The van der Waals surface area contributed by atoms with Crippen LogP contribution in [0, 0.1) is 5.21 Å². The molecule has 0 spiro atoms. The number of hydrogen-bond acceptors (Lipinski definition) is 3. The molecular weight excluding hydrogens is 302 g/mol. The van der Waals surface area contributed by atoms with Gasteiger partial charge >= 0.3 is 0 Å². The summed E-state index contributed by atoms with van der Waals surface area (Å²) in [6, 6.07) is 11.1. The van der Waals surface area contributed by atoms with Gasteiger partial charge in [0.25, 0.3) is 5.91 Å². The van der Waals surface area contributed by atoms with Crippen molar-refractivity contribution in [2.75, 3.05) is 26.2 Å². The molecule has 1 aliphatic rings. The Morgan fingerprint density at radius 2 is 1.55 bits per heavy atom. The SMILES string of the molecule is Cl.O=C(c1ccc(-c2cc[n+]([O-])cc2)cc1)N1CCNCC1. The summed E-state index contributed by atoms with van der Waals surface area (Å²) in [5.41, 5.74) is 2.66. The van der Waals surface area contributed by atoms with Crippen molar-refractivity contribution in [2.24, 2.45) is 0 Å². The number of halogens is 1. The first-order chi connectivity index (χ1) is 10.2. The minimum Gasteiger partial charge on any atom is -0.619 e. The second kappa shape index (κ2) is 7.24. The Kier molecular flexibility index (Phi) is 5.35. The molecule has 1 aliphatic heterocycles. The smallest absolute Gasteiger partial charge is 0.253 e. The van der Waals surface area contributed by atoms with Crippen molar-refractivity contribution in [1.29, 1.82) is 0 Å². The second-order valence-electron chi connectivity index (χ2n) is 5.07. The van der Waals surface area contributed by atoms with E-state index in [4.69, 9.17) is 0 Å². The summed E-state index contributed by atoms with van der Waals surface area (Å²) in [6.45, 7) is 3.21. The summed E-state index contributed by atoms with van der Waals surface area (Å²) in [5.74, 6) is 0.0773. The van der Waals surface area contributed by atoms with E-state index in [9.17, 15) is 10.0 Å². The maximum atomic E-state index is 12.3. The van der Waals surface area contributed by atoms with Gasteiger partial charge in [0, 0.05) is 43.9 Å². The Bertz CT molecular complexity index is 623. The fraction of sp³-hybridized carbons (Fsp3) is 0.250. The van der Waals surface area contributed by atoms with Crippen molar-refractivity contribution in [3.63, 3.8) is 0 Å². The van der Waals surface area contributed by atoms with E-state index in [1.165, 1.54) is 12.4 Å². The van der Waals surface area contributed by atoms with Crippen molar-refractivity contribution in [2.45, 2.75) is 0 Å². The molecule has 1 aromatic heterocycles. The first-order valence-corrected chi connectivity index (χ1v) is 7.03. The van der Waals surface area contributed by atoms with Crippen LogP contribution in [0.4, 0.5) is 0 Å². The van der Waals surface area contributed by atoms with E-state index in [0.29, 0.717) is 5.56 Å². The molecule has 6 heteroatoms. The highest BCUT2D eigenvalue weighted by atomic mass is 35.5. The summed E-state index contributed by atoms with van der Waals surface area (Å²) in [7, 11) is 0. The van der Waals surface area contributed by atoms with Crippen molar-refractivity contribution in [3.05, 3.63) is 59.6 Å². The number of pyridine rings is 1. The Morgan fingerprint density at radius 1 is 1.00 bits per heavy atom. The largest absolute Gasteiger partial charge is 0.619 e. The summed E-state index contributed by atoms with van der Waals surface area (Å²) in [6.07, 6.45) is 2.93. The van der Waals surface area contributed by atoms with E-state index >= 15 is 0 Å². The predicted molar refractivity (Wildman–Crippen MR) is 86.9 cm³/mol. The van der Waals surface area contributed by atoms with Crippen LogP contribution in [0.2, 0.25) is 0 Å². The molecule has 1 N–H and O–H groups in total. The van der Waals surface area contributed by atoms with Crippen LogP contribution in [-0.2, 0) is 0 Å². The number of amides is 1. The molecule has 0 atom stereocenters. The van der Waals surface area contributed by atoms with Gasteiger partial charge in [-0.3, -0.25) is 4.79 Å². The zero-order chi connectivity index (χ0) is 14.7. The zero-order valence-corrected chi connectivity index (χ0v) is 12.9. The topological polar surface area (TPSA) is 59.3 Å². The van der Waals surface area contributed by atoms with E-state index in [2.05, 4.69) is 5.32 Å². The molecule has 1 fully saturated rings. The number of hydrogen-bond donors (Lipinski definition) is 1. The fourth-order valence-electron chi connectivity index (χ4n) is 2.46. The zero-order valence-electron chi connectivity index (χ0n) is 12.1. The van der Waals surface area contributed by atoms with E-state index in [1.54, 1.807) is 12.1 Å². The molecule has 1 aromatic carbocycles. The molecule has 2 heterocycles. The number of carbonyl (C=O) groups excluding carboxylic acids is 1. The molecule has 0 unspecified atom stereocenters. The van der Waals surface area contributed by atoms with Crippen LogP contribution in [0.25, 0.3) is 11.1 Å². The first-order valence-electron chi connectivity index (χ1n) is 7.03. The third-order valence-corrected chi connectivity index (χ3v) is 3.67. The molecule has 1 saturated heterocycles. The van der Waals surface area contributed by atoms with Gasteiger partial charge in [-0.2, -0.15) is 4.73 Å². The van der Waals surface area contributed by atoms with Gasteiger partial charge < -0.3 is 15.4 Å². The molecule has 22 heavy (non-hydrogen) atoms. The number of carbonyl (C=O) groups is 1. The van der Waals surface area contributed by atoms with Crippen molar-refractivity contribution < 1.29 is 9.52 Å². The van der Waals surface area contributed by atoms with Gasteiger partial charge in [-0.05, 0) is 23.3 Å². The lowest BCUT2D eigenvalue weighted by Gasteiger charge is -2.27. The molecule has 116 valence electrons. The van der Waals surface area contributed by atoms with Crippen LogP contribution in [0.5, 0.6) is 0 Å². The maximum absolute atomic E-state index is 12.3. The number of nitrogens with zero attached hydrogens (tertiary/aromatic N) is 2. The molecule has 0 radical (unpaired) electrons. The Labute approximate surface area is 135 Å². The van der Waals surface area contributed by atoms with Gasteiger partial charge in [-0.1, -0.05) is 12.1 Å². The number of piperazine rings is 1. The van der Waals surface area contributed by atoms with Crippen LogP contribution < -0.4 is 10.0 Å². The average molecular weight is 320 g/mol. The fourth-order valence-corrected chi connectivity index (χ4v) is 2.46. The number of rotatable bonds is 2. The number of benzene rings is 1. The number of nitrogens with one attached hydrogen (secondary N) is 1. The van der Waals surface area contributed by atoms with Crippen molar-refractivity contribution in [1.82, 2.24) is 10.2 Å². The van der Waals surface area contributed by atoms with Crippen LogP contribution in [-0.4, -0.2) is 37.0 Å². The van der Waals surface area contributed by atoms with E-state index in [0.717, 1.165) is 42.0 Å². The summed E-state index contributed by atoms with van der Waals surface area (Å²) >= 11 is 0. The molecule has 0 saturated carbocycles. The lowest BCUT2D eigenvalue weighted by atomic mass is 10.0. The Hall–Kier alpha value is -2.11. The molecule has 5 nitrogen and oxygen atoms in total. The van der Waals surface area contributed by atoms with E-state index in [-0.39, 0.29) is 18.3 Å². The van der Waals surface area contributed by atoms with Gasteiger partial charge in [-0.15, -0.1) is 12.4 Å². The van der Waals surface area contributed by atoms with Crippen LogP contribution in [0.15, 0.2) is 48.8 Å². The highest BCUT2D eigenvalue weighted by molar-refractivity contribution is 5.94. The van der Waals surface area contributed by atoms with Gasteiger partial charge in [0.05, 0.1) is 0 Å². The second-order valence-corrected chi connectivity index (χ2v) is 5.07. The van der Waals surface area contributed by atoms with Crippen LogP contribution in [0.1, 0.15) is 10.4 Å². The van der Waals surface area contributed by atoms with Crippen LogP contribution in [0.3, 0.4) is 0 Å². The van der Waals surface area contributed by atoms with Gasteiger partial charge in [-0.25, -0.2) is 0 Å². The maximum Gasteiger partial charge on any atom is 0.253 e. The third kappa shape index (κ3) is 3.55. The lowest BCUT2D eigenvalue weighted by Crippen LogP contribution is -2.46. The first kappa shape index (κ1) is 16.3. The quantitative estimate of drug-likeness (QED) is 0.673. The Morgan fingerprint density at radius 3 is 2.14 bits per heavy atom. The molecule has 3 rings (SSSR count). The number of aromatic nitrogens is 1. The molecule has 1 amide bonds. The van der Waals surface area contributed by atoms with Gasteiger partial charge in [0.2, 0.25) is 0 Å². The minimum absolute atomic E-state index is 0. The minimum atomic E-state index is 0. The molecule has 0 aliphatic carbocycles. The predicted octanol–water partition coefficient (Wildman–Crippen LogP) is 1.45. The molecule has 2 aromatic rings. The van der Waals surface area contributed by atoms with E-state index < -0.39 is 0 Å². The monoisotopic (exact) mass is 319 g/mol. The summed E-state index contributed by atoms with van der Waals surface area (Å²) in [5, 5.41) is 14.3.